The van der Waals surface area contributed by atoms with Gasteiger partial charge in [-0.05, 0) is 36.8 Å². The molecule has 0 aliphatic heterocycles. The van der Waals surface area contributed by atoms with Crippen molar-refractivity contribution in [3.8, 4) is 11.1 Å². The molecular weight excluding hydrogens is 320 g/mol. The van der Waals surface area contributed by atoms with Crippen LogP contribution in [0.1, 0.15) is 16.2 Å². The van der Waals surface area contributed by atoms with Crippen molar-refractivity contribution in [3.63, 3.8) is 0 Å². The Morgan fingerprint density at radius 2 is 1.95 bits per heavy atom. The van der Waals surface area contributed by atoms with E-state index in [9.17, 15) is 4.79 Å². The van der Waals surface area contributed by atoms with E-state index < -0.39 is 5.97 Å². The molecule has 0 fully saturated rings. The Morgan fingerprint density at radius 3 is 2.60 bits per heavy atom. The fraction of sp³-hybridized carbons (Fsp3) is 0.0667. The van der Waals surface area contributed by atoms with E-state index in [2.05, 4.69) is 20.9 Å². The van der Waals surface area contributed by atoms with Crippen molar-refractivity contribution in [1.29, 1.82) is 0 Å². The Balaban J connectivity index is 2.19. The average molecular weight is 331 g/mol. The first-order valence-corrected chi connectivity index (χ1v) is 6.82. The quantitative estimate of drug-likeness (QED) is 0.778. The standard InChI is InChI=1S/C15H11BrN2O2/c1-9-13(10-2-4-11(16)5-3-10)6-12-7-14(15(19)20)17-8-18(9)12/h2-8H,1H3,(H,19,20). The second-order valence-electron chi connectivity index (χ2n) is 4.52. The molecule has 20 heavy (non-hydrogen) atoms. The van der Waals surface area contributed by atoms with Gasteiger partial charge in [-0.1, -0.05) is 28.1 Å². The van der Waals surface area contributed by atoms with E-state index in [1.807, 2.05) is 41.7 Å². The summed E-state index contributed by atoms with van der Waals surface area (Å²) < 4.78 is 2.92. The molecule has 2 heterocycles. The maximum absolute atomic E-state index is 11.0. The van der Waals surface area contributed by atoms with Crippen LogP contribution in [0.4, 0.5) is 0 Å². The van der Waals surface area contributed by atoms with Gasteiger partial charge in [0.15, 0.2) is 5.69 Å². The number of fused-ring (bicyclic) bond motifs is 1. The first-order valence-electron chi connectivity index (χ1n) is 6.03. The largest absolute Gasteiger partial charge is 0.477 e. The molecule has 0 bridgehead atoms. The predicted molar refractivity (Wildman–Crippen MR) is 80.0 cm³/mol. The SMILES string of the molecule is Cc1c(-c2ccc(Br)cc2)cc2cc(C(=O)O)ncn12. The van der Waals surface area contributed by atoms with Crippen LogP contribution in [0.25, 0.3) is 16.6 Å². The molecule has 5 heteroatoms. The van der Waals surface area contributed by atoms with E-state index in [-0.39, 0.29) is 5.69 Å². The molecule has 0 atom stereocenters. The number of aryl methyl sites for hydroxylation is 1. The fourth-order valence-corrected chi connectivity index (χ4v) is 2.51. The second-order valence-corrected chi connectivity index (χ2v) is 5.44. The minimum absolute atomic E-state index is 0.0531. The first kappa shape index (κ1) is 12.9. The summed E-state index contributed by atoms with van der Waals surface area (Å²) in [4.78, 5) is 14.9. The molecule has 4 nitrogen and oxygen atoms in total. The van der Waals surface area contributed by atoms with Crippen LogP contribution < -0.4 is 0 Å². The summed E-state index contributed by atoms with van der Waals surface area (Å²) in [6, 6.07) is 11.6. The van der Waals surface area contributed by atoms with E-state index in [1.54, 1.807) is 12.4 Å². The van der Waals surface area contributed by atoms with Crippen LogP contribution in [0, 0.1) is 6.92 Å². The Morgan fingerprint density at radius 1 is 1.25 bits per heavy atom. The zero-order valence-corrected chi connectivity index (χ0v) is 12.3. The summed E-state index contributed by atoms with van der Waals surface area (Å²) in [6.45, 7) is 1.99. The van der Waals surface area contributed by atoms with Crippen molar-refractivity contribution in [3.05, 3.63) is 58.6 Å². The lowest BCUT2D eigenvalue weighted by Gasteiger charge is -2.02. The van der Waals surface area contributed by atoms with Gasteiger partial charge in [-0.15, -0.1) is 0 Å². The van der Waals surface area contributed by atoms with Gasteiger partial charge in [-0.3, -0.25) is 0 Å². The van der Waals surface area contributed by atoms with E-state index >= 15 is 0 Å². The average Bonchev–Trinajstić information content (AvgIpc) is 2.76. The van der Waals surface area contributed by atoms with Crippen LogP contribution in [-0.4, -0.2) is 20.5 Å². The molecule has 3 rings (SSSR count). The summed E-state index contributed by atoms with van der Waals surface area (Å²) in [5.41, 5.74) is 4.07. The third-order valence-electron chi connectivity index (χ3n) is 3.29. The lowest BCUT2D eigenvalue weighted by molar-refractivity contribution is 0.0690. The van der Waals surface area contributed by atoms with Gasteiger partial charge < -0.3 is 9.51 Å². The molecule has 100 valence electrons. The predicted octanol–water partition coefficient (Wildman–Crippen LogP) is 3.77. The van der Waals surface area contributed by atoms with Crippen LogP contribution in [0.15, 0.2) is 47.2 Å². The van der Waals surface area contributed by atoms with Gasteiger partial charge in [-0.25, -0.2) is 9.78 Å². The fourth-order valence-electron chi connectivity index (χ4n) is 2.25. The van der Waals surface area contributed by atoms with Gasteiger partial charge in [-0.2, -0.15) is 0 Å². The Kier molecular flexibility index (Phi) is 3.06. The van der Waals surface area contributed by atoms with Gasteiger partial charge in [0.1, 0.15) is 6.33 Å². The summed E-state index contributed by atoms with van der Waals surface area (Å²) in [7, 11) is 0. The van der Waals surface area contributed by atoms with Gasteiger partial charge >= 0.3 is 5.97 Å². The number of hydrogen-bond donors (Lipinski definition) is 1. The van der Waals surface area contributed by atoms with Gasteiger partial charge in [0.2, 0.25) is 0 Å². The highest BCUT2D eigenvalue weighted by Crippen LogP contribution is 2.28. The number of nitrogens with zero attached hydrogens (tertiary/aromatic N) is 2. The molecule has 0 saturated heterocycles. The number of rotatable bonds is 2. The maximum atomic E-state index is 11.0. The van der Waals surface area contributed by atoms with Crippen LogP contribution >= 0.6 is 15.9 Å². The third-order valence-corrected chi connectivity index (χ3v) is 3.82. The lowest BCUT2D eigenvalue weighted by Crippen LogP contribution is -2.01. The Labute approximate surface area is 123 Å². The van der Waals surface area contributed by atoms with Crippen molar-refractivity contribution in [1.82, 2.24) is 9.38 Å². The molecule has 0 spiro atoms. The van der Waals surface area contributed by atoms with Crippen molar-refractivity contribution in [2.45, 2.75) is 6.92 Å². The van der Waals surface area contributed by atoms with E-state index in [0.29, 0.717) is 0 Å². The number of aromatic carboxylic acids is 1. The molecule has 1 aromatic carbocycles. The van der Waals surface area contributed by atoms with Gasteiger partial charge in [0.05, 0.1) is 0 Å². The molecule has 0 saturated carbocycles. The molecule has 0 aliphatic rings. The van der Waals surface area contributed by atoms with E-state index in [4.69, 9.17) is 5.11 Å². The first-order chi connectivity index (χ1) is 9.56. The molecule has 0 radical (unpaired) electrons. The summed E-state index contributed by atoms with van der Waals surface area (Å²) >= 11 is 3.42. The van der Waals surface area contributed by atoms with Gasteiger partial charge in [0, 0.05) is 21.2 Å². The Hall–Kier alpha value is -2.14. The topological polar surface area (TPSA) is 54.6 Å². The summed E-state index contributed by atoms with van der Waals surface area (Å²) in [5.74, 6) is -1.02. The number of carboxylic acids is 1. The minimum Gasteiger partial charge on any atom is -0.477 e. The molecule has 0 amide bonds. The molecule has 1 N–H and O–H groups in total. The van der Waals surface area contributed by atoms with Gasteiger partial charge in [0.25, 0.3) is 0 Å². The van der Waals surface area contributed by atoms with Crippen LogP contribution in [0.3, 0.4) is 0 Å². The van der Waals surface area contributed by atoms with Crippen LogP contribution in [-0.2, 0) is 0 Å². The van der Waals surface area contributed by atoms with Crippen LogP contribution in [0.2, 0.25) is 0 Å². The second kappa shape index (κ2) is 4.76. The summed E-state index contributed by atoms with van der Waals surface area (Å²) in [5, 5.41) is 8.99. The van der Waals surface area contributed by atoms with Crippen molar-refractivity contribution >= 4 is 27.4 Å². The summed E-state index contributed by atoms with van der Waals surface area (Å²) in [6.07, 6.45) is 1.55. The third kappa shape index (κ3) is 2.10. The molecule has 0 unspecified atom stereocenters. The zero-order valence-electron chi connectivity index (χ0n) is 10.7. The van der Waals surface area contributed by atoms with Crippen molar-refractivity contribution in [2.24, 2.45) is 0 Å². The maximum Gasteiger partial charge on any atom is 0.354 e. The highest BCUT2D eigenvalue weighted by molar-refractivity contribution is 9.10. The molecule has 0 aliphatic carbocycles. The number of carbonyl (C=O) groups is 1. The zero-order chi connectivity index (χ0) is 14.3. The molecule has 2 aromatic heterocycles. The van der Waals surface area contributed by atoms with Crippen molar-refractivity contribution < 1.29 is 9.90 Å². The van der Waals surface area contributed by atoms with Crippen molar-refractivity contribution in [2.75, 3.05) is 0 Å². The number of hydrogen-bond acceptors (Lipinski definition) is 2. The number of aromatic nitrogens is 2. The number of benzene rings is 1. The highest BCUT2D eigenvalue weighted by atomic mass is 79.9. The lowest BCUT2D eigenvalue weighted by atomic mass is 10.1. The van der Waals surface area contributed by atoms with Crippen LogP contribution in [0.5, 0.6) is 0 Å². The number of carboxylic acid groups (broad SMARTS) is 1. The number of halogens is 1. The normalized spacial score (nSPS) is 10.9. The molecular formula is C15H11BrN2O2. The molecule has 3 aromatic rings. The van der Waals surface area contributed by atoms with E-state index in [0.717, 1.165) is 26.8 Å². The smallest absolute Gasteiger partial charge is 0.354 e. The highest BCUT2D eigenvalue weighted by Gasteiger charge is 2.11. The monoisotopic (exact) mass is 330 g/mol. The van der Waals surface area contributed by atoms with E-state index in [1.165, 1.54) is 0 Å². The minimum atomic E-state index is -1.02. The Bertz CT molecular complexity index is 807.